The number of nitrogens with zero attached hydrogens (tertiary/aromatic N) is 4. The molecule has 3 aromatic rings. The van der Waals surface area contributed by atoms with Crippen LogP contribution in [0.4, 0.5) is 17.5 Å². The van der Waals surface area contributed by atoms with E-state index in [1.54, 1.807) is 12.3 Å². The molecule has 1 aliphatic rings. The van der Waals surface area contributed by atoms with E-state index in [0.717, 1.165) is 31.3 Å². The third-order valence-corrected chi connectivity index (χ3v) is 5.26. The summed E-state index contributed by atoms with van der Waals surface area (Å²) in [5.74, 6) is 2.08. The number of fused-ring (bicyclic) bond motifs is 1. The molecule has 4 heterocycles. The zero-order valence-corrected chi connectivity index (χ0v) is 19.3. The third-order valence-electron chi connectivity index (χ3n) is 5.26. The summed E-state index contributed by atoms with van der Waals surface area (Å²) < 4.78 is 7.50. The molecule has 0 spiro atoms. The molecule has 4 N–H and O–H groups in total. The third kappa shape index (κ3) is 5.77. The van der Waals surface area contributed by atoms with Crippen LogP contribution in [0.5, 0.6) is 5.88 Å². The van der Waals surface area contributed by atoms with Gasteiger partial charge in [-0.05, 0) is 64.2 Å². The van der Waals surface area contributed by atoms with E-state index in [9.17, 15) is 9.90 Å². The number of nitrogens with one attached hydrogen (secondary N) is 3. The number of aliphatic hydroxyl groups excluding tert-OH is 1. The number of piperidine rings is 1. The maximum atomic E-state index is 13.0. The van der Waals surface area contributed by atoms with Crippen LogP contribution in [0, 0.1) is 0 Å². The minimum absolute atomic E-state index is 0.115. The van der Waals surface area contributed by atoms with Crippen LogP contribution >= 0.6 is 0 Å². The molecule has 176 valence electrons. The van der Waals surface area contributed by atoms with E-state index in [0.29, 0.717) is 28.7 Å². The fraction of sp³-hybridized carbons (Fsp3) is 0.478. The number of aromatic nitrogens is 4. The molecular weight excluding hydrogens is 422 g/mol. The van der Waals surface area contributed by atoms with Crippen molar-refractivity contribution in [1.29, 1.82) is 0 Å². The van der Waals surface area contributed by atoms with Crippen molar-refractivity contribution in [3.63, 3.8) is 0 Å². The van der Waals surface area contributed by atoms with E-state index in [-0.39, 0.29) is 30.4 Å². The van der Waals surface area contributed by atoms with Gasteiger partial charge in [-0.3, -0.25) is 4.79 Å². The molecule has 0 unspecified atom stereocenters. The molecule has 0 saturated carbocycles. The Balaban J connectivity index is 1.66. The maximum Gasteiger partial charge on any atom is 0.262 e. The number of rotatable bonds is 7. The molecular formula is C23H31N7O3. The van der Waals surface area contributed by atoms with Crippen molar-refractivity contribution in [2.45, 2.75) is 51.8 Å². The number of ether oxygens (including phenoxy) is 1. The molecule has 3 aromatic heterocycles. The standard InChI is InChI=1S/C23H31N7O3/c1-23(2,3)29-21-20-15(6-9-30(10-11-31)22(20)32)12-18(28-21)27-17-13-19(26-14-25-17)33-16-4-7-24-8-5-16/h6,9,12-14,16,24,31H,4-5,7-8,10-11H2,1-3H3,(H2,25,26,27,28,29). The minimum atomic E-state index is -0.312. The Labute approximate surface area is 192 Å². The van der Waals surface area contributed by atoms with Gasteiger partial charge in [0, 0.05) is 24.3 Å². The van der Waals surface area contributed by atoms with E-state index in [1.165, 1.54) is 10.9 Å². The molecule has 0 aliphatic carbocycles. The molecule has 10 nitrogen and oxygen atoms in total. The first kappa shape index (κ1) is 22.9. The first-order valence-corrected chi connectivity index (χ1v) is 11.2. The molecule has 1 aliphatic heterocycles. The van der Waals surface area contributed by atoms with Gasteiger partial charge in [-0.15, -0.1) is 0 Å². The van der Waals surface area contributed by atoms with Crippen molar-refractivity contribution >= 4 is 28.2 Å². The molecule has 4 rings (SSSR count). The van der Waals surface area contributed by atoms with E-state index in [1.807, 2.05) is 32.9 Å². The Morgan fingerprint density at radius 2 is 2.00 bits per heavy atom. The maximum absolute atomic E-state index is 13.0. The number of anilines is 3. The van der Waals surface area contributed by atoms with Gasteiger partial charge in [-0.1, -0.05) is 0 Å². The lowest BCUT2D eigenvalue weighted by atomic mass is 10.1. The zero-order chi connectivity index (χ0) is 23.4. The summed E-state index contributed by atoms with van der Waals surface area (Å²) in [5, 5.41) is 20.4. The molecule has 0 amide bonds. The summed E-state index contributed by atoms with van der Waals surface area (Å²) in [7, 11) is 0. The second kappa shape index (κ2) is 9.72. The molecule has 0 bridgehead atoms. The first-order chi connectivity index (χ1) is 15.8. The number of aliphatic hydroxyl groups is 1. The number of hydrogen-bond donors (Lipinski definition) is 4. The van der Waals surface area contributed by atoms with Crippen molar-refractivity contribution in [3.05, 3.63) is 41.1 Å². The fourth-order valence-electron chi connectivity index (χ4n) is 3.78. The summed E-state index contributed by atoms with van der Waals surface area (Å²) in [6, 6.07) is 5.41. The Morgan fingerprint density at radius 3 is 2.73 bits per heavy atom. The second-order valence-electron chi connectivity index (χ2n) is 9.17. The van der Waals surface area contributed by atoms with Gasteiger partial charge in [-0.25, -0.2) is 15.0 Å². The van der Waals surface area contributed by atoms with Crippen LogP contribution in [0.15, 0.2) is 35.5 Å². The Kier molecular flexibility index (Phi) is 6.75. The Hall–Kier alpha value is -3.24. The van der Waals surface area contributed by atoms with Gasteiger partial charge in [-0.2, -0.15) is 0 Å². The number of hydrogen-bond acceptors (Lipinski definition) is 9. The molecule has 33 heavy (non-hydrogen) atoms. The van der Waals surface area contributed by atoms with Crippen molar-refractivity contribution in [3.8, 4) is 5.88 Å². The largest absolute Gasteiger partial charge is 0.474 e. The molecule has 0 radical (unpaired) electrons. The van der Waals surface area contributed by atoms with Gasteiger partial charge in [0.15, 0.2) is 0 Å². The van der Waals surface area contributed by atoms with Crippen LogP contribution in [-0.4, -0.2) is 56.0 Å². The summed E-state index contributed by atoms with van der Waals surface area (Å²) in [6.07, 6.45) is 5.16. The van der Waals surface area contributed by atoms with Crippen molar-refractivity contribution < 1.29 is 9.84 Å². The van der Waals surface area contributed by atoms with Gasteiger partial charge >= 0.3 is 0 Å². The van der Waals surface area contributed by atoms with Crippen LogP contribution in [-0.2, 0) is 6.54 Å². The monoisotopic (exact) mass is 453 g/mol. The van der Waals surface area contributed by atoms with Crippen LogP contribution in [0.3, 0.4) is 0 Å². The quantitative estimate of drug-likeness (QED) is 0.426. The van der Waals surface area contributed by atoms with Gasteiger partial charge < -0.3 is 30.4 Å². The van der Waals surface area contributed by atoms with Crippen molar-refractivity contribution in [2.24, 2.45) is 0 Å². The molecule has 0 aromatic carbocycles. The fourth-order valence-corrected chi connectivity index (χ4v) is 3.78. The molecule has 0 atom stereocenters. The summed E-state index contributed by atoms with van der Waals surface area (Å²) in [5.41, 5.74) is -0.514. The highest BCUT2D eigenvalue weighted by molar-refractivity contribution is 5.93. The molecule has 10 heteroatoms. The summed E-state index contributed by atoms with van der Waals surface area (Å²) in [4.78, 5) is 26.3. The van der Waals surface area contributed by atoms with Gasteiger partial charge in [0.25, 0.3) is 5.56 Å². The average molecular weight is 454 g/mol. The van der Waals surface area contributed by atoms with Crippen LogP contribution < -0.4 is 26.2 Å². The predicted molar refractivity (Wildman–Crippen MR) is 128 cm³/mol. The van der Waals surface area contributed by atoms with E-state index >= 15 is 0 Å². The lowest BCUT2D eigenvalue weighted by Crippen LogP contribution is -2.34. The lowest BCUT2D eigenvalue weighted by molar-refractivity contribution is 0.156. The number of pyridine rings is 2. The summed E-state index contributed by atoms with van der Waals surface area (Å²) in [6.45, 7) is 8.00. The SMILES string of the molecule is CC(C)(C)Nc1nc(Nc2cc(OC3CCNCC3)ncn2)cc2ccn(CCO)c(=O)c12. The first-order valence-electron chi connectivity index (χ1n) is 11.2. The summed E-state index contributed by atoms with van der Waals surface area (Å²) >= 11 is 0. The van der Waals surface area contributed by atoms with Gasteiger partial charge in [0.2, 0.25) is 5.88 Å². The van der Waals surface area contributed by atoms with Gasteiger partial charge in [0.1, 0.15) is 29.9 Å². The van der Waals surface area contributed by atoms with Crippen LogP contribution in [0.25, 0.3) is 10.8 Å². The smallest absolute Gasteiger partial charge is 0.262 e. The normalized spacial score (nSPS) is 14.9. The molecule has 1 saturated heterocycles. The topological polar surface area (TPSA) is 126 Å². The second-order valence-corrected chi connectivity index (χ2v) is 9.17. The lowest BCUT2D eigenvalue weighted by Gasteiger charge is -2.23. The van der Waals surface area contributed by atoms with Crippen LogP contribution in [0.1, 0.15) is 33.6 Å². The highest BCUT2D eigenvalue weighted by atomic mass is 16.5. The van der Waals surface area contributed by atoms with Gasteiger partial charge in [0.05, 0.1) is 12.0 Å². The zero-order valence-electron chi connectivity index (χ0n) is 19.3. The highest BCUT2D eigenvalue weighted by Crippen LogP contribution is 2.27. The average Bonchev–Trinajstić information content (AvgIpc) is 2.75. The Bertz CT molecular complexity index is 1170. The highest BCUT2D eigenvalue weighted by Gasteiger charge is 2.18. The van der Waals surface area contributed by atoms with Crippen molar-refractivity contribution in [1.82, 2.24) is 24.8 Å². The molecule has 1 fully saturated rings. The minimum Gasteiger partial charge on any atom is -0.474 e. The van der Waals surface area contributed by atoms with E-state index < -0.39 is 0 Å². The van der Waals surface area contributed by atoms with E-state index in [4.69, 9.17) is 4.74 Å². The predicted octanol–water partition coefficient (Wildman–Crippen LogP) is 2.26. The van der Waals surface area contributed by atoms with Crippen molar-refractivity contribution in [2.75, 3.05) is 30.3 Å². The van der Waals surface area contributed by atoms with Crippen LogP contribution in [0.2, 0.25) is 0 Å². The Morgan fingerprint density at radius 1 is 1.21 bits per heavy atom. The van der Waals surface area contributed by atoms with E-state index in [2.05, 4.69) is 30.9 Å².